The first-order valence-corrected chi connectivity index (χ1v) is 19.7. The molecule has 1 atom stereocenters. The maximum atomic E-state index is 12.9. The standard InChI is InChI=1S/C38H50F3N2O6Si.U/c1-36(2,3)50(6,7)49-28-34(47-26-25-42-21-23-43(24-22-42)35(44)38(39,40)41)27-48-37(29-11-9-8-10-12-29,30-13-17-32(45-4)18-14-30)31-15-19-33(46-5)20-16-31;/h8-20,26,34H,21-25,27-28H2,1-7H3;/q-1;/t34-;/m1./s1. The van der Waals surface area contributed by atoms with Crippen LogP contribution in [-0.2, 0) is 24.3 Å². The zero-order chi connectivity index (χ0) is 36.6. The summed E-state index contributed by atoms with van der Waals surface area (Å²) in [7, 11) is 1.08. The third-order valence-corrected chi connectivity index (χ3v) is 14.1. The van der Waals surface area contributed by atoms with Crippen molar-refractivity contribution in [2.75, 3.05) is 60.2 Å². The zero-order valence-corrected chi connectivity index (χ0v) is 35.8. The summed E-state index contributed by atoms with van der Waals surface area (Å²) in [4.78, 5) is 14.5. The predicted molar refractivity (Wildman–Crippen MR) is 190 cm³/mol. The van der Waals surface area contributed by atoms with Crippen LogP contribution in [0.5, 0.6) is 11.5 Å². The minimum Gasteiger partial charge on any atom is -0.545 e. The molecule has 3 aromatic carbocycles. The van der Waals surface area contributed by atoms with Crippen molar-refractivity contribution >= 4 is 14.2 Å². The number of piperazine rings is 1. The summed E-state index contributed by atoms with van der Waals surface area (Å²) in [6.07, 6.45) is -5.39. The van der Waals surface area contributed by atoms with Crippen LogP contribution in [0.1, 0.15) is 37.5 Å². The number of hydrogen-bond donors (Lipinski definition) is 0. The Morgan fingerprint density at radius 3 is 1.73 bits per heavy atom. The fourth-order valence-corrected chi connectivity index (χ4v) is 6.57. The first kappa shape index (κ1) is 43.0. The molecule has 1 fully saturated rings. The van der Waals surface area contributed by atoms with Gasteiger partial charge in [0.05, 0.1) is 33.5 Å². The van der Waals surface area contributed by atoms with Crippen molar-refractivity contribution in [1.82, 2.24) is 9.80 Å². The molecule has 0 spiro atoms. The van der Waals surface area contributed by atoms with Gasteiger partial charge in [0.25, 0.3) is 0 Å². The number of ether oxygens (including phenoxy) is 4. The van der Waals surface area contributed by atoms with Gasteiger partial charge in [-0.1, -0.05) is 75.4 Å². The summed E-state index contributed by atoms with van der Waals surface area (Å²) in [6.45, 7) is 13.9. The molecule has 0 aliphatic carbocycles. The van der Waals surface area contributed by atoms with Crippen molar-refractivity contribution < 1.29 is 72.5 Å². The Kier molecular flexibility index (Phi) is 15.7. The van der Waals surface area contributed by atoms with E-state index in [1.165, 1.54) is 0 Å². The molecule has 0 N–H and O–H groups in total. The normalized spacial score (nSPS) is 15.2. The van der Waals surface area contributed by atoms with Crippen molar-refractivity contribution in [2.24, 2.45) is 0 Å². The van der Waals surface area contributed by atoms with Gasteiger partial charge >= 0.3 is 12.1 Å². The SMILES string of the molecule is COc1ccc(C(OC[C@H](CO[Si](C)(C)C(C)(C)C)O[CH-]CN2CCN(C(=O)C(F)(F)F)CC2)(c2ccccc2)c2ccc(OC)cc2)cc1.[U]. The Morgan fingerprint density at radius 2 is 1.27 bits per heavy atom. The molecule has 0 unspecified atom stereocenters. The molecule has 1 amide bonds. The van der Waals surface area contributed by atoms with Gasteiger partial charge in [0.15, 0.2) is 8.32 Å². The molecular formula is C38H50F3N2O6SiU-. The molecule has 0 saturated carbocycles. The van der Waals surface area contributed by atoms with Crippen LogP contribution in [0.25, 0.3) is 0 Å². The van der Waals surface area contributed by atoms with Crippen LogP contribution < -0.4 is 9.47 Å². The largest absolute Gasteiger partial charge is 0.545 e. The number of methoxy groups -OCH3 is 2. The van der Waals surface area contributed by atoms with E-state index in [1.807, 2.05) is 83.8 Å². The second-order valence-corrected chi connectivity index (χ2v) is 18.7. The second-order valence-electron chi connectivity index (χ2n) is 13.9. The van der Waals surface area contributed by atoms with Crippen molar-refractivity contribution in [2.45, 2.75) is 56.8 Å². The van der Waals surface area contributed by atoms with Gasteiger partial charge in [0, 0.05) is 57.3 Å². The summed E-state index contributed by atoms with van der Waals surface area (Å²) < 4.78 is 69.9. The topological polar surface area (TPSA) is 69.7 Å². The molecular weight excluding hydrogens is 904 g/mol. The number of halogens is 3. The molecule has 13 heteroatoms. The Labute approximate surface area is 325 Å². The van der Waals surface area contributed by atoms with E-state index in [0.29, 0.717) is 31.1 Å². The number of carbonyl (C=O) groups is 1. The van der Waals surface area contributed by atoms with Gasteiger partial charge in [0.2, 0.25) is 0 Å². The molecule has 278 valence electrons. The van der Waals surface area contributed by atoms with Crippen LogP contribution in [-0.4, -0.2) is 96.5 Å². The van der Waals surface area contributed by atoms with E-state index in [2.05, 4.69) is 33.9 Å². The van der Waals surface area contributed by atoms with Crippen LogP contribution in [0.4, 0.5) is 13.2 Å². The summed E-state index contributed by atoms with van der Waals surface area (Å²) in [6, 6.07) is 25.6. The van der Waals surface area contributed by atoms with Crippen molar-refractivity contribution in [3.05, 3.63) is 102 Å². The van der Waals surface area contributed by atoms with Crippen molar-refractivity contribution in [3.8, 4) is 11.5 Å². The number of rotatable bonds is 15. The first-order chi connectivity index (χ1) is 23.6. The van der Waals surface area contributed by atoms with Crippen LogP contribution in [0, 0.1) is 37.7 Å². The fraction of sp³-hybridized carbons (Fsp3) is 0.474. The number of amides is 1. The van der Waals surface area contributed by atoms with Gasteiger partial charge in [-0.2, -0.15) is 19.8 Å². The average molecular weight is 954 g/mol. The summed E-state index contributed by atoms with van der Waals surface area (Å²) >= 11 is 0. The van der Waals surface area contributed by atoms with E-state index in [0.717, 1.165) is 21.6 Å². The maximum absolute atomic E-state index is 12.9. The Bertz CT molecular complexity index is 1450. The molecule has 1 aliphatic heterocycles. The third kappa shape index (κ3) is 11.1. The summed E-state index contributed by atoms with van der Waals surface area (Å²) in [5.41, 5.74) is 1.62. The Morgan fingerprint density at radius 1 is 0.784 bits per heavy atom. The van der Waals surface area contributed by atoms with Gasteiger partial charge in [-0.15, -0.1) is 6.54 Å². The number of carbonyl (C=O) groups excluding carboxylic acids is 1. The average Bonchev–Trinajstić information content (AvgIpc) is 3.10. The molecule has 1 saturated heterocycles. The van der Waals surface area contributed by atoms with Gasteiger partial charge in [0.1, 0.15) is 17.1 Å². The molecule has 51 heavy (non-hydrogen) atoms. The van der Waals surface area contributed by atoms with E-state index in [1.54, 1.807) is 20.8 Å². The molecule has 0 bridgehead atoms. The number of nitrogens with zero attached hydrogens (tertiary/aromatic N) is 2. The number of alkyl halides is 3. The zero-order valence-electron chi connectivity index (χ0n) is 30.6. The van der Waals surface area contributed by atoms with E-state index >= 15 is 0 Å². The molecule has 1 heterocycles. The maximum Gasteiger partial charge on any atom is 0.471 e. The predicted octanol–water partition coefficient (Wildman–Crippen LogP) is 7.29. The molecule has 4 rings (SSSR count). The minimum atomic E-state index is -4.87. The van der Waals surface area contributed by atoms with Crippen LogP contribution in [0.3, 0.4) is 0 Å². The molecule has 8 nitrogen and oxygen atoms in total. The fourth-order valence-electron chi connectivity index (χ4n) is 5.53. The monoisotopic (exact) mass is 953 g/mol. The minimum absolute atomic E-state index is 0. The first-order valence-electron chi connectivity index (χ1n) is 16.8. The van der Waals surface area contributed by atoms with Crippen LogP contribution >= 0.6 is 0 Å². The van der Waals surface area contributed by atoms with Crippen LogP contribution in [0.2, 0.25) is 18.1 Å². The van der Waals surface area contributed by atoms with Crippen molar-refractivity contribution in [3.63, 3.8) is 0 Å². The van der Waals surface area contributed by atoms with Crippen LogP contribution in [0.15, 0.2) is 78.9 Å². The van der Waals surface area contributed by atoms with Gasteiger partial charge in [-0.3, -0.25) is 4.79 Å². The quantitative estimate of drug-likeness (QED) is 0.0902. The van der Waals surface area contributed by atoms with Gasteiger partial charge in [-0.05, 0) is 59.1 Å². The molecule has 3 aromatic rings. The van der Waals surface area contributed by atoms with Gasteiger partial charge in [-0.25, -0.2) is 0 Å². The van der Waals surface area contributed by atoms with E-state index in [-0.39, 0.29) is 62.5 Å². The Balaban J connectivity index is 0.00000702. The summed E-state index contributed by atoms with van der Waals surface area (Å²) in [5.74, 6) is -0.367. The third-order valence-electron chi connectivity index (χ3n) is 9.62. The van der Waals surface area contributed by atoms with E-state index in [4.69, 9.17) is 23.4 Å². The molecule has 0 aromatic heterocycles. The molecule has 0 radical (unpaired) electrons. The Hall–Kier alpha value is -2.37. The number of hydrogen-bond acceptors (Lipinski definition) is 7. The van der Waals surface area contributed by atoms with E-state index in [9.17, 15) is 18.0 Å². The van der Waals surface area contributed by atoms with Crippen molar-refractivity contribution in [1.29, 1.82) is 0 Å². The second kappa shape index (κ2) is 18.6. The molecule has 1 aliphatic rings. The number of benzene rings is 3. The van der Waals surface area contributed by atoms with E-state index < -0.39 is 32.1 Å². The van der Waals surface area contributed by atoms with Gasteiger partial charge < -0.3 is 33.2 Å². The summed E-state index contributed by atoms with van der Waals surface area (Å²) in [5, 5.41) is -0.0321. The smallest absolute Gasteiger partial charge is 0.471 e.